The number of amides is 1. The highest BCUT2D eigenvalue weighted by molar-refractivity contribution is 7.21. The molecule has 0 bridgehead atoms. The van der Waals surface area contributed by atoms with E-state index in [0.29, 0.717) is 25.5 Å². The third-order valence-electron chi connectivity index (χ3n) is 3.69. The van der Waals surface area contributed by atoms with Crippen molar-refractivity contribution in [3.05, 3.63) is 51.3 Å². The molecule has 0 atom stereocenters. The summed E-state index contributed by atoms with van der Waals surface area (Å²) in [7, 11) is 0. The first-order valence-electron chi connectivity index (χ1n) is 7.57. The van der Waals surface area contributed by atoms with Gasteiger partial charge in [-0.3, -0.25) is 10.1 Å². The number of thiophene rings is 1. The van der Waals surface area contributed by atoms with Gasteiger partial charge in [0.05, 0.1) is 11.4 Å². The molecule has 1 amide bonds. The highest BCUT2D eigenvalue weighted by Crippen LogP contribution is 2.35. The predicted molar refractivity (Wildman–Crippen MR) is 107 cm³/mol. The van der Waals surface area contributed by atoms with Gasteiger partial charge in [-0.25, -0.2) is 4.98 Å². The van der Waals surface area contributed by atoms with Gasteiger partial charge in [-0.2, -0.15) is 0 Å². The Morgan fingerprint density at radius 3 is 2.58 bits per heavy atom. The van der Waals surface area contributed by atoms with E-state index in [-0.39, 0.29) is 5.91 Å². The molecule has 0 unspecified atom stereocenters. The zero-order valence-electron chi connectivity index (χ0n) is 13.5. The van der Waals surface area contributed by atoms with E-state index in [9.17, 15) is 4.79 Å². The Morgan fingerprint density at radius 1 is 1.12 bits per heavy atom. The average Bonchev–Trinajstić information content (AvgIpc) is 3.18. The Kier molecular flexibility index (Phi) is 4.31. The van der Waals surface area contributed by atoms with Crippen LogP contribution in [0.3, 0.4) is 0 Å². The predicted octanol–water partition coefficient (Wildman–Crippen LogP) is 4.61. The van der Waals surface area contributed by atoms with Crippen LogP contribution in [0.4, 0.5) is 10.8 Å². The van der Waals surface area contributed by atoms with Crippen molar-refractivity contribution in [1.82, 2.24) is 15.2 Å². The third kappa shape index (κ3) is 3.14. The van der Waals surface area contributed by atoms with Gasteiger partial charge in [-0.1, -0.05) is 35.1 Å². The van der Waals surface area contributed by atoms with Crippen LogP contribution in [0.1, 0.15) is 14.7 Å². The molecule has 4 aromatic rings. The summed E-state index contributed by atoms with van der Waals surface area (Å²) in [6.07, 6.45) is 0. The van der Waals surface area contributed by atoms with Crippen molar-refractivity contribution in [1.29, 1.82) is 0 Å². The topological polar surface area (TPSA) is 93.8 Å². The monoisotopic (exact) mass is 401 g/mol. The first-order chi connectivity index (χ1) is 12.5. The number of halogens is 1. The van der Waals surface area contributed by atoms with Gasteiger partial charge in [-0.05, 0) is 31.2 Å². The minimum absolute atomic E-state index is 0.310. The average molecular weight is 402 g/mol. The summed E-state index contributed by atoms with van der Waals surface area (Å²) < 4.78 is 0. The first-order valence-corrected chi connectivity index (χ1v) is 9.59. The lowest BCUT2D eigenvalue weighted by atomic mass is 10.1. The van der Waals surface area contributed by atoms with Gasteiger partial charge in [0, 0.05) is 16.0 Å². The minimum atomic E-state index is -0.310. The Balaban J connectivity index is 1.69. The van der Waals surface area contributed by atoms with E-state index in [1.807, 2.05) is 43.3 Å². The maximum Gasteiger partial charge on any atom is 0.269 e. The molecule has 0 saturated carbocycles. The number of nitrogens with zero attached hydrogens (tertiary/aromatic N) is 3. The van der Waals surface area contributed by atoms with Gasteiger partial charge in [0.25, 0.3) is 5.91 Å². The summed E-state index contributed by atoms with van der Waals surface area (Å²) in [6, 6.07) is 11.2. The van der Waals surface area contributed by atoms with Crippen molar-refractivity contribution < 1.29 is 4.79 Å². The molecule has 6 nitrogen and oxygen atoms in total. The van der Waals surface area contributed by atoms with Gasteiger partial charge in [-0.15, -0.1) is 21.5 Å². The number of fused-ring (bicyclic) bond motifs is 1. The van der Waals surface area contributed by atoms with Crippen molar-refractivity contribution in [2.45, 2.75) is 6.92 Å². The minimum Gasteiger partial charge on any atom is -0.397 e. The number of aryl methyl sites for hydroxylation is 1. The maximum atomic E-state index is 12.5. The molecule has 0 aliphatic rings. The fourth-order valence-electron chi connectivity index (χ4n) is 2.45. The van der Waals surface area contributed by atoms with Crippen LogP contribution in [0.25, 0.3) is 21.5 Å². The Labute approximate surface area is 161 Å². The maximum absolute atomic E-state index is 12.5. The Morgan fingerprint density at radius 2 is 1.88 bits per heavy atom. The molecule has 4 rings (SSSR count). The fourth-order valence-corrected chi connectivity index (χ4v) is 4.15. The Hall–Kier alpha value is -2.55. The van der Waals surface area contributed by atoms with Crippen molar-refractivity contribution in [3.63, 3.8) is 0 Å². The van der Waals surface area contributed by atoms with Crippen molar-refractivity contribution in [2.24, 2.45) is 0 Å². The number of anilines is 2. The molecule has 0 spiro atoms. The van der Waals surface area contributed by atoms with Crippen LogP contribution < -0.4 is 11.1 Å². The highest BCUT2D eigenvalue weighted by atomic mass is 35.5. The van der Waals surface area contributed by atoms with E-state index in [0.717, 1.165) is 21.7 Å². The van der Waals surface area contributed by atoms with Crippen LogP contribution in [-0.2, 0) is 0 Å². The lowest BCUT2D eigenvalue weighted by Gasteiger charge is -2.01. The number of benzene rings is 1. The number of aromatic nitrogens is 3. The van der Waals surface area contributed by atoms with Crippen LogP contribution in [-0.4, -0.2) is 21.1 Å². The van der Waals surface area contributed by atoms with Crippen molar-refractivity contribution in [2.75, 3.05) is 11.1 Å². The van der Waals surface area contributed by atoms with Gasteiger partial charge < -0.3 is 5.73 Å². The van der Waals surface area contributed by atoms with Crippen molar-refractivity contribution >= 4 is 61.2 Å². The molecule has 0 saturated heterocycles. The van der Waals surface area contributed by atoms with Crippen LogP contribution in [0.15, 0.2) is 36.4 Å². The molecule has 3 heterocycles. The van der Waals surface area contributed by atoms with Crippen LogP contribution in [0, 0.1) is 6.92 Å². The second kappa shape index (κ2) is 6.64. The molecular weight excluding hydrogens is 390 g/mol. The normalized spacial score (nSPS) is 11.0. The van der Waals surface area contributed by atoms with E-state index < -0.39 is 0 Å². The van der Waals surface area contributed by atoms with E-state index in [4.69, 9.17) is 17.3 Å². The summed E-state index contributed by atoms with van der Waals surface area (Å²) in [6.45, 7) is 1.82. The quantitative estimate of drug-likeness (QED) is 0.522. The number of carbonyl (C=O) groups is 1. The molecule has 0 radical (unpaired) electrons. The van der Waals surface area contributed by atoms with Gasteiger partial charge >= 0.3 is 0 Å². The van der Waals surface area contributed by atoms with Crippen LogP contribution in [0.5, 0.6) is 0 Å². The fraction of sp³-hybridized carbons (Fsp3) is 0.0588. The summed E-state index contributed by atoms with van der Waals surface area (Å²) >= 11 is 8.49. The Bertz CT molecular complexity index is 1120. The molecule has 3 N–H and O–H groups in total. The molecule has 1 aromatic carbocycles. The molecule has 130 valence electrons. The number of hydrogen-bond acceptors (Lipinski definition) is 7. The van der Waals surface area contributed by atoms with Crippen molar-refractivity contribution in [3.8, 4) is 11.3 Å². The zero-order valence-corrected chi connectivity index (χ0v) is 15.9. The summed E-state index contributed by atoms with van der Waals surface area (Å²) in [5.41, 5.74) is 8.32. The smallest absolute Gasteiger partial charge is 0.269 e. The number of hydrogen-bond donors (Lipinski definition) is 2. The van der Waals surface area contributed by atoms with E-state index >= 15 is 0 Å². The SMILES string of the molecule is Cc1nnc(NC(=O)c2sc3nc(-c4ccc(Cl)cc4)ccc3c2N)s1. The van der Waals surface area contributed by atoms with Gasteiger partial charge in [0.15, 0.2) is 0 Å². The molecule has 0 fully saturated rings. The first kappa shape index (κ1) is 16.9. The summed E-state index contributed by atoms with van der Waals surface area (Å²) in [5.74, 6) is -0.310. The molecule has 0 aliphatic heterocycles. The van der Waals surface area contributed by atoms with E-state index in [2.05, 4.69) is 20.5 Å². The number of nitrogens with two attached hydrogens (primary N) is 1. The number of nitrogens with one attached hydrogen (secondary N) is 1. The van der Waals surface area contributed by atoms with Crippen LogP contribution in [0.2, 0.25) is 5.02 Å². The third-order valence-corrected chi connectivity index (χ3v) is 5.81. The lowest BCUT2D eigenvalue weighted by Crippen LogP contribution is -2.11. The van der Waals surface area contributed by atoms with Gasteiger partial charge in [0.2, 0.25) is 5.13 Å². The summed E-state index contributed by atoms with van der Waals surface area (Å²) in [4.78, 5) is 18.3. The molecule has 3 aromatic heterocycles. The molecule has 9 heteroatoms. The van der Waals surface area contributed by atoms with E-state index in [1.165, 1.54) is 22.7 Å². The zero-order chi connectivity index (χ0) is 18.3. The molecular formula is C17H12ClN5OS2. The standard InChI is InChI=1S/C17H12ClN5OS2/c1-8-22-23-17(25-8)21-15(24)14-13(19)11-6-7-12(20-16(11)26-14)9-2-4-10(18)5-3-9/h2-7H,19H2,1H3,(H,21,23,24). The van der Waals surface area contributed by atoms with E-state index in [1.54, 1.807) is 0 Å². The number of rotatable bonds is 3. The number of pyridine rings is 1. The second-order valence-corrected chi connectivity index (χ2v) is 8.10. The van der Waals surface area contributed by atoms with Crippen LogP contribution >= 0.6 is 34.3 Å². The summed E-state index contributed by atoms with van der Waals surface area (Å²) in [5, 5.41) is 13.2. The number of carbonyl (C=O) groups excluding carboxylic acids is 1. The van der Waals surface area contributed by atoms with Gasteiger partial charge in [0.1, 0.15) is 14.7 Å². The largest absolute Gasteiger partial charge is 0.397 e. The number of nitrogen functional groups attached to an aromatic ring is 1. The molecule has 26 heavy (non-hydrogen) atoms. The molecule has 0 aliphatic carbocycles. The lowest BCUT2D eigenvalue weighted by molar-refractivity contribution is 0.103. The highest BCUT2D eigenvalue weighted by Gasteiger charge is 2.19. The second-order valence-electron chi connectivity index (χ2n) is 5.48.